The molecule has 2 aromatic rings. The number of thioether (sulfide) groups is 1. The third-order valence-electron chi connectivity index (χ3n) is 4.33. The molecule has 2 heterocycles. The molecule has 4 rings (SSSR count). The highest BCUT2D eigenvalue weighted by Gasteiger charge is 2.50. The smallest absolute Gasteiger partial charge is 0.257 e. The van der Waals surface area contributed by atoms with Gasteiger partial charge in [0.25, 0.3) is 5.91 Å². The van der Waals surface area contributed by atoms with Crippen LogP contribution < -0.4 is 9.64 Å². The normalized spacial score (nSPS) is 22.9. The van der Waals surface area contributed by atoms with Crippen LogP contribution in [-0.4, -0.2) is 34.8 Å². The molecule has 2 fully saturated rings. The molecule has 1 amide bonds. The van der Waals surface area contributed by atoms with Crippen LogP contribution in [0.4, 0.5) is 5.69 Å². The van der Waals surface area contributed by atoms with E-state index in [2.05, 4.69) is 4.90 Å². The first-order valence-corrected chi connectivity index (χ1v) is 9.13. The van der Waals surface area contributed by atoms with Crippen molar-refractivity contribution < 1.29 is 9.53 Å². The Bertz CT molecular complexity index is 779. The maximum Gasteiger partial charge on any atom is 0.257 e. The van der Waals surface area contributed by atoms with Gasteiger partial charge in [-0.1, -0.05) is 30.3 Å². The molecular weight excluding hydrogens is 340 g/mol. The molecule has 2 atom stereocenters. The zero-order valence-electron chi connectivity index (χ0n) is 13.1. The van der Waals surface area contributed by atoms with Gasteiger partial charge in [-0.25, -0.2) is 0 Å². The minimum absolute atomic E-state index is 0.0612. The first-order valence-electron chi connectivity index (χ1n) is 7.67. The summed E-state index contributed by atoms with van der Waals surface area (Å²) in [5.41, 5.74) is 1.97. The second kappa shape index (κ2) is 6.11. The van der Waals surface area contributed by atoms with Crippen molar-refractivity contribution >= 4 is 40.7 Å². The largest absolute Gasteiger partial charge is 0.497 e. The number of ether oxygens (including phenoxy) is 1. The fourth-order valence-corrected chi connectivity index (χ4v) is 5.05. The van der Waals surface area contributed by atoms with Crippen LogP contribution >= 0.6 is 24.0 Å². The first kappa shape index (κ1) is 15.5. The molecular formula is C18H16N2O2S2. The Morgan fingerprint density at radius 3 is 2.50 bits per heavy atom. The molecule has 0 N–H and O–H groups in total. The third kappa shape index (κ3) is 2.37. The minimum Gasteiger partial charge on any atom is -0.497 e. The van der Waals surface area contributed by atoms with E-state index in [9.17, 15) is 4.79 Å². The molecule has 122 valence electrons. The molecule has 0 radical (unpaired) electrons. The number of methoxy groups -OCH3 is 1. The summed E-state index contributed by atoms with van der Waals surface area (Å²) < 4.78 is 5.22. The number of amides is 1. The van der Waals surface area contributed by atoms with Crippen LogP contribution in [0.5, 0.6) is 5.75 Å². The van der Waals surface area contributed by atoms with Gasteiger partial charge in [-0.3, -0.25) is 9.69 Å². The molecule has 0 aliphatic carbocycles. The molecule has 0 bridgehead atoms. The number of rotatable bonds is 3. The standard InChI is InChI=1S/C18H16N2O2S2/c1-22-14-9-7-12(8-10-14)17-20-15(11-24-17)16(21)19(18(20)23)13-5-3-2-4-6-13/h2-10,15,17H,11H2,1H3/t15-,17+/m1/s1. The summed E-state index contributed by atoms with van der Waals surface area (Å²) >= 11 is 7.41. The first-order chi connectivity index (χ1) is 11.7. The van der Waals surface area contributed by atoms with Crippen LogP contribution in [-0.2, 0) is 4.79 Å². The van der Waals surface area contributed by atoms with Gasteiger partial charge in [0.2, 0.25) is 0 Å². The van der Waals surface area contributed by atoms with Gasteiger partial charge in [0.15, 0.2) is 5.11 Å². The van der Waals surface area contributed by atoms with Crippen molar-refractivity contribution in [3.8, 4) is 5.75 Å². The number of fused-ring (bicyclic) bond motifs is 1. The van der Waals surface area contributed by atoms with E-state index in [0.29, 0.717) is 5.11 Å². The predicted octanol–water partition coefficient (Wildman–Crippen LogP) is 3.44. The van der Waals surface area contributed by atoms with Gasteiger partial charge >= 0.3 is 0 Å². The van der Waals surface area contributed by atoms with E-state index in [-0.39, 0.29) is 17.3 Å². The third-order valence-corrected chi connectivity index (χ3v) is 6.05. The fraction of sp³-hybridized carbons (Fsp3) is 0.222. The molecule has 2 aromatic carbocycles. The van der Waals surface area contributed by atoms with Crippen molar-refractivity contribution in [2.75, 3.05) is 17.8 Å². The van der Waals surface area contributed by atoms with Gasteiger partial charge < -0.3 is 9.64 Å². The lowest BCUT2D eigenvalue weighted by atomic mass is 10.2. The second-order valence-electron chi connectivity index (χ2n) is 5.67. The number of nitrogens with zero attached hydrogens (tertiary/aromatic N) is 2. The monoisotopic (exact) mass is 356 g/mol. The molecule has 6 heteroatoms. The van der Waals surface area contributed by atoms with Crippen LogP contribution in [0.25, 0.3) is 0 Å². The van der Waals surface area contributed by atoms with E-state index in [1.165, 1.54) is 0 Å². The summed E-state index contributed by atoms with van der Waals surface area (Å²) in [5.74, 6) is 1.64. The number of carbonyl (C=O) groups is 1. The Kier molecular flexibility index (Phi) is 3.94. The highest BCUT2D eigenvalue weighted by molar-refractivity contribution is 7.99. The zero-order chi connectivity index (χ0) is 16.7. The molecule has 0 aromatic heterocycles. The highest BCUT2D eigenvalue weighted by atomic mass is 32.2. The number of thiocarbonyl (C=S) groups is 1. The summed E-state index contributed by atoms with van der Waals surface area (Å²) in [6.07, 6.45) is 0. The van der Waals surface area contributed by atoms with Crippen LogP contribution in [0.15, 0.2) is 54.6 Å². The summed E-state index contributed by atoms with van der Waals surface area (Å²) in [7, 11) is 1.65. The zero-order valence-corrected chi connectivity index (χ0v) is 14.7. The topological polar surface area (TPSA) is 32.8 Å². The minimum atomic E-state index is -0.185. The van der Waals surface area contributed by atoms with Gasteiger partial charge in [0.05, 0.1) is 12.8 Å². The van der Waals surface area contributed by atoms with E-state index >= 15 is 0 Å². The van der Waals surface area contributed by atoms with Gasteiger partial charge in [-0.2, -0.15) is 0 Å². The van der Waals surface area contributed by atoms with Gasteiger partial charge in [-0.05, 0) is 42.0 Å². The van der Waals surface area contributed by atoms with Crippen molar-refractivity contribution in [2.24, 2.45) is 0 Å². The summed E-state index contributed by atoms with van der Waals surface area (Å²) in [5, 5.41) is 0.646. The molecule has 2 aliphatic heterocycles. The number of para-hydroxylation sites is 1. The van der Waals surface area contributed by atoms with Crippen molar-refractivity contribution in [2.45, 2.75) is 11.4 Å². The predicted molar refractivity (Wildman–Crippen MR) is 100 cm³/mol. The molecule has 4 nitrogen and oxygen atoms in total. The molecule has 2 aliphatic rings. The number of hydrogen-bond donors (Lipinski definition) is 0. The summed E-state index contributed by atoms with van der Waals surface area (Å²) in [4.78, 5) is 16.6. The van der Waals surface area contributed by atoms with E-state index in [1.54, 1.807) is 23.8 Å². The average molecular weight is 356 g/mol. The van der Waals surface area contributed by atoms with Gasteiger partial charge in [-0.15, -0.1) is 11.8 Å². The highest BCUT2D eigenvalue weighted by Crippen LogP contribution is 2.46. The summed E-state index contributed by atoms with van der Waals surface area (Å²) in [6.45, 7) is 0. The molecule has 0 spiro atoms. The number of hydrogen-bond acceptors (Lipinski definition) is 4. The lowest BCUT2D eigenvalue weighted by molar-refractivity contribution is -0.119. The number of benzene rings is 2. The maximum absolute atomic E-state index is 12.8. The van der Waals surface area contributed by atoms with E-state index < -0.39 is 0 Å². The lowest BCUT2D eigenvalue weighted by Gasteiger charge is -2.25. The Hall–Kier alpha value is -2.05. The Labute approximate surface area is 150 Å². The lowest BCUT2D eigenvalue weighted by Crippen LogP contribution is -2.33. The Morgan fingerprint density at radius 1 is 1.12 bits per heavy atom. The number of anilines is 1. The number of carbonyl (C=O) groups excluding carboxylic acids is 1. The Balaban J connectivity index is 1.65. The second-order valence-corrected chi connectivity index (χ2v) is 7.15. The SMILES string of the molecule is COc1ccc([C@@H]2SC[C@@H]3C(=O)N(c4ccccc4)C(=S)N32)cc1. The fourth-order valence-electron chi connectivity index (χ4n) is 3.13. The molecule has 2 saturated heterocycles. The Morgan fingerprint density at radius 2 is 1.83 bits per heavy atom. The van der Waals surface area contributed by atoms with Crippen LogP contribution in [0.3, 0.4) is 0 Å². The molecule has 0 saturated carbocycles. The molecule has 24 heavy (non-hydrogen) atoms. The van der Waals surface area contributed by atoms with Crippen molar-refractivity contribution in [3.05, 3.63) is 60.2 Å². The van der Waals surface area contributed by atoms with Gasteiger partial charge in [0.1, 0.15) is 17.2 Å². The van der Waals surface area contributed by atoms with Crippen molar-refractivity contribution in [1.82, 2.24) is 4.90 Å². The average Bonchev–Trinajstić information content (AvgIpc) is 3.17. The van der Waals surface area contributed by atoms with E-state index in [1.807, 2.05) is 54.6 Å². The summed E-state index contributed by atoms with van der Waals surface area (Å²) in [6, 6.07) is 17.4. The van der Waals surface area contributed by atoms with E-state index in [4.69, 9.17) is 17.0 Å². The van der Waals surface area contributed by atoms with Crippen LogP contribution in [0, 0.1) is 0 Å². The van der Waals surface area contributed by atoms with Crippen LogP contribution in [0.1, 0.15) is 10.9 Å². The van der Waals surface area contributed by atoms with Gasteiger partial charge in [0, 0.05) is 5.75 Å². The van der Waals surface area contributed by atoms with Crippen molar-refractivity contribution in [3.63, 3.8) is 0 Å². The van der Waals surface area contributed by atoms with Crippen molar-refractivity contribution in [1.29, 1.82) is 0 Å². The quantitative estimate of drug-likeness (QED) is 0.787. The van der Waals surface area contributed by atoms with Crippen LogP contribution in [0.2, 0.25) is 0 Å². The maximum atomic E-state index is 12.8. The molecule has 0 unspecified atom stereocenters. The van der Waals surface area contributed by atoms with E-state index in [0.717, 1.165) is 22.8 Å².